The van der Waals surface area contributed by atoms with E-state index in [1.165, 1.54) is 6.33 Å². The van der Waals surface area contributed by atoms with Crippen LogP contribution in [0.3, 0.4) is 0 Å². The third-order valence-electron chi connectivity index (χ3n) is 3.79. The average molecular weight is 396 g/mol. The van der Waals surface area contributed by atoms with E-state index < -0.39 is 0 Å². The summed E-state index contributed by atoms with van der Waals surface area (Å²) >= 11 is 3.43. The SMILES string of the molecule is COc1ccc(-n2ncc3c(Nc4ccc(Br)cc4)ncnc32)cc1. The van der Waals surface area contributed by atoms with Crippen molar-refractivity contribution < 1.29 is 4.74 Å². The molecule has 0 bridgehead atoms. The summed E-state index contributed by atoms with van der Waals surface area (Å²) in [5.74, 6) is 1.51. The van der Waals surface area contributed by atoms with Gasteiger partial charge in [-0.2, -0.15) is 5.10 Å². The summed E-state index contributed by atoms with van der Waals surface area (Å²) in [4.78, 5) is 8.74. The highest BCUT2D eigenvalue weighted by atomic mass is 79.9. The number of hydrogen-bond donors (Lipinski definition) is 1. The van der Waals surface area contributed by atoms with Crippen LogP contribution in [0.1, 0.15) is 0 Å². The number of fused-ring (bicyclic) bond motifs is 1. The largest absolute Gasteiger partial charge is 0.497 e. The van der Waals surface area contributed by atoms with Crippen molar-refractivity contribution in [3.05, 3.63) is 65.5 Å². The highest BCUT2D eigenvalue weighted by Gasteiger charge is 2.11. The minimum absolute atomic E-state index is 0.715. The van der Waals surface area contributed by atoms with Crippen molar-refractivity contribution in [3.63, 3.8) is 0 Å². The van der Waals surface area contributed by atoms with Crippen molar-refractivity contribution in [1.29, 1.82) is 0 Å². The molecular weight excluding hydrogens is 382 g/mol. The molecule has 0 amide bonds. The van der Waals surface area contributed by atoms with Crippen molar-refractivity contribution in [3.8, 4) is 11.4 Å². The maximum atomic E-state index is 5.20. The molecule has 124 valence electrons. The Hall–Kier alpha value is -2.93. The molecule has 4 rings (SSSR count). The van der Waals surface area contributed by atoms with Crippen LogP contribution in [0, 0.1) is 0 Å². The minimum atomic E-state index is 0.715. The summed E-state index contributed by atoms with van der Waals surface area (Å²) in [6.45, 7) is 0. The summed E-state index contributed by atoms with van der Waals surface area (Å²) in [5, 5.41) is 8.62. The molecule has 0 saturated carbocycles. The maximum Gasteiger partial charge on any atom is 0.168 e. The molecule has 4 aromatic rings. The molecule has 0 radical (unpaired) electrons. The lowest BCUT2D eigenvalue weighted by atomic mass is 10.3. The van der Waals surface area contributed by atoms with E-state index in [0.29, 0.717) is 5.82 Å². The fourth-order valence-electron chi connectivity index (χ4n) is 2.53. The number of anilines is 2. The van der Waals surface area contributed by atoms with E-state index in [9.17, 15) is 0 Å². The van der Waals surface area contributed by atoms with Crippen LogP contribution in [-0.2, 0) is 0 Å². The molecule has 2 heterocycles. The Balaban J connectivity index is 1.73. The number of ether oxygens (including phenoxy) is 1. The first kappa shape index (κ1) is 15.6. The van der Waals surface area contributed by atoms with Gasteiger partial charge in [0, 0.05) is 10.2 Å². The number of halogens is 1. The Labute approximate surface area is 152 Å². The van der Waals surface area contributed by atoms with Crippen molar-refractivity contribution >= 4 is 38.5 Å². The third kappa shape index (κ3) is 3.06. The number of aromatic nitrogens is 4. The fourth-order valence-corrected chi connectivity index (χ4v) is 2.79. The summed E-state index contributed by atoms with van der Waals surface area (Å²) in [7, 11) is 1.64. The van der Waals surface area contributed by atoms with Crippen LogP contribution in [0.15, 0.2) is 65.5 Å². The van der Waals surface area contributed by atoms with Crippen LogP contribution in [0.2, 0.25) is 0 Å². The van der Waals surface area contributed by atoms with Crippen LogP contribution in [-0.4, -0.2) is 26.9 Å². The summed E-state index contributed by atoms with van der Waals surface area (Å²) < 4.78 is 8.01. The number of hydrogen-bond acceptors (Lipinski definition) is 5. The van der Waals surface area contributed by atoms with Crippen molar-refractivity contribution in [2.45, 2.75) is 0 Å². The van der Waals surface area contributed by atoms with Crippen LogP contribution < -0.4 is 10.1 Å². The third-order valence-corrected chi connectivity index (χ3v) is 4.32. The molecule has 0 atom stereocenters. The number of nitrogens with one attached hydrogen (secondary N) is 1. The van der Waals surface area contributed by atoms with Gasteiger partial charge in [-0.05, 0) is 48.5 Å². The molecule has 2 aromatic heterocycles. The second-order valence-corrected chi connectivity index (χ2v) is 6.26. The van der Waals surface area contributed by atoms with Gasteiger partial charge in [0.15, 0.2) is 5.65 Å². The molecule has 0 aliphatic carbocycles. The quantitative estimate of drug-likeness (QED) is 0.556. The molecule has 1 N–H and O–H groups in total. The zero-order chi connectivity index (χ0) is 17.2. The molecule has 0 spiro atoms. The van der Waals surface area contributed by atoms with E-state index in [4.69, 9.17) is 4.74 Å². The smallest absolute Gasteiger partial charge is 0.168 e. The van der Waals surface area contributed by atoms with Gasteiger partial charge in [0.05, 0.1) is 24.4 Å². The molecule has 7 heteroatoms. The lowest BCUT2D eigenvalue weighted by Crippen LogP contribution is -1.99. The van der Waals surface area contributed by atoms with Gasteiger partial charge in [-0.3, -0.25) is 0 Å². The van der Waals surface area contributed by atoms with Gasteiger partial charge >= 0.3 is 0 Å². The first-order valence-corrected chi connectivity index (χ1v) is 8.39. The molecule has 0 aliphatic rings. The number of methoxy groups -OCH3 is 1. The van der Waals surface area contributed by atoms with E-state index in [1.807, 2.05) is 48.5 Å². The van der Waals surface area contributed by atoms with Crippen molar-refractivity contribution in [2.24, 2.45) is 0 Å². The Morgan fingerprint density at radius 1 is 1.00 bits per heavy atom. The Bertz CT molecular complexity index is 1010. The zero-order valence-electron chi connectivity index (χ0n) is 13.3. The van der Waals surface area contributed by atoms with E-state index in [-0.39, 0.29) is 0 Å². The van der Waals surface area contributed by atoms with Gasteiger partial charge in [-0.25, -0.2) is 14.6 Å². The van der Waals surface area contributed by atoms with E-state index in [1.54, 1.807) is 18.0 Å². The van der Waals surface area contributed by atoms with E-state index >= 15 is 0 Å². The zero-order valence-corrected chi connectivity index (χ0v) is 14.9. The van der Waals surface area contributed by atoms with Crippen LogP contribution in [0.5, 0.6) is 5.75 Å². The van der Waals surface area contributed by atoms with E-state index in [2.05, 4.69) is 36.3 Å². The van der Waals surface area contributed by atoms with Crippen LogP contribution >= 0.6 is 15.9 Å². The molecule has 25 heavy (non-hydrogen) atoms. The van der Waals surface area contributed by atoms with Gasteiger partial charge in [0.1, 0.15) is 17.9 Å². The summed E-state index contributed by atoms with van der Waals surface area (Å²) in [6, 6.07) is 15.6. The molecule has 0 unspecified atom stereocenters. The number of rotatable bonds is 4. The second kappa shape index (κ2) is 6.52. The molecule has 0 aliphatic heterocycles. The van der Waals surface area contributed by atoms with Crippen molar-refractivity contribution in [1.82, 2.24) is 19.7 Å². The standard InChI is InChI=1S/C18H14BrN5O/c1-25-15-8-6-14(7-9-15)24-18-16(10-22-24)17(20-11-21-18)23-13-4-2-12(19)3-5-13/h2-11H,1H3,(H,20,21,23). The van der Waals surface area contributed by atoms with Crippen molar-refractivity contribution in [2.75, 3.05) is 12.4 Å². The second-order valence-electron chi connectivity index (χ2n) is 5.35. The Morgan fingerprint density at radius 3 is 2.48 bits per heavy atom. The van der Waals surface area contributed by atoms with Gasteiger partial charge < -0.3 is 10.1 Å². The average Bonchev–Trinajstić information content (AvgIpc) is 3.09. The highest BCUT2D eigenvalue weighted by Crippen LogP contribution is 2.25. The molecular formula is C18H14BrN5O. The lowest BCUT2D eigenvalue weighted by Gasteiger charge is -2.07. The molecule has 0 fully saturated rings. The lowest BCUT2D eigenvalue weighted by molar-refractivity contribution is 0.414. The molecule has 2 aromatic carbocycles. The number of nitrogens with zero attached hydrogens (tertiary/aromatic N) is 4. The van der Waals surface area contributed by atoms with Crippen LogP contribution in [0.25, 0.3) is 16.7 Å². The predicted octanol–water partition coefficient (Wildman–Crippen LogP) is 4.33. The normalized spacial score (nSPS) is 10.8. The van der Waals surface area contributed by atoms with Crippen LogP contribution in [0.4, 0.5) is 11.5 Å². The summed E-state index contributed by atoms with van der Waals surface area (Å²) in [5.41, 5.74) is 2.59. The van der Waals surface area contributed by atoms with Gasteiger partial charge in [0.2, 0.25) is 0 Å². The Kier molecular flexibility index (Phi) is 4.07. The number of benzene rings is 2. The predicted molar refractivity (Wildman–Crippen MR) is 101 cm³/mol. The first-order chi connectivity index (χ1) is 12.2. The van der Waals surface area contributed by atoms with E-state index in [0.717, 1.165) is 32.6 Å². The van der Waals surface area contributed by atoms with Gasteiger partial charge in [-0.1, -0.05) is 15.9 Å². The fraction of sp³-hybridized carbons (Fsp3) is 0.0556. The van der Waals surface area contributed by atoms with Gasteiger partial charge in [-0.15, -0.1) is 0 Å². The topological polar surface area (TPSA) is 64.9 Å². The maximum absolute atomic E-state index is 5.20. The summed E-state index contributed by atoms with van der Waals surface area (Å²) in [6.07, 6.45) is 3.30. The highest BCUT2D eigenvalue weighted by molar-refractivity contribution is 9.10. The van der Waals surface area contributed by atoms with Gasteiger partial charge in [0.25, 0.3) is 0 Å². The Morgan fingerprint density at radius 2 is 1.76 bits per heavy atom. The molecule has 6 nitrogen and oxygen atoms in total. The molecule has 0 saturated heterocycles. The first-order valence-electron chi connectivity index (χ1n) is 7.60. The monoisotopic (exact) mass is 395 g/mol. The minimum Gasteiger partial charge on any atom is -0.497 e.